The zero-order valence-corrected chi connectivity index (χ0v) is 12.2. The van der Waals surface area contributed by atoms with Gasteiger partial charge in [0.15, 0.2) is 5.60 Å². The molecule has 0 aliphatic carbocycles. The van der Waals surface area contributed by atoms with E-state index < -0.39 is 5.60 Å². The monoisotopic (exact) mass is 282 g/mol. The highest BCUT2D eigenvalue weighted by Crippen LogP contribution is 2.52. The fraction of sp³-hybridized carbons (Fsp3) is 0.278. The zero-order chi connectivity index (χ0) is 14.9. The lowest BCUT2D eigenvalue weighted by Crippen LogP contribution is -2.29. The van der Waals surface area contributed by atoms with E-state index in [4.69, 9.17) is 9.47 Å². The molecule has 3 heteroatoms. The number of para-hydroxylation sites is 1. The van der Waals surface area contributed by atoms with Crippen LogP contribution in [0.2, 0.25) is 0 Å². The van der Waals surface area contributed by atoms with E-state index >= 15 is 0 Å². The Morgan fingerprint density at radius 1 is 1.14 bits per heavy atom. The number of rotatable bonds is 4. The van der Waals surface area contributed by atoms with Gasteiger partial charge in [-0.1, -0.05) is 55.0 Å². The summed E-state index contributed by atoms with van der Waals surface area (Å²) in [5.74, 6) is 0.232. The SMILES string of the molecule is CCC1(C(=O)Oc2ccccc2)OC1c1ccc(C)cc1. The summed E-state index contributed by atoms with van der Waals surface area (Å²) < 4.78 is 11.2. The number of benzene rings is 2. The molecular formula is C18H18O3. The van der Waals surface area contributed by atoms with Gasteiger partial charge in [0.2, 0.25) is 0 Å². The Labute approximate surface area is 124 Å². The van der Waals surface area contributed by atoms with Crippen LogP contribution < -0.4 is 4.74 Å². The van der Waals surface area contributed by atoms with Gasteiger partial charge in [-0.25, -0.2) is 4.79 Å². The summed E-state index contributed by atoms with van der Waals surface area (Å²) in [5.41, 5.74) is 1.37. The van der Waals surface area contributed by atoms with E-state index in [1.54, 1.807) is 12.1 Å². The van der Waals surface area contributed by atoms with E-state index in [-0.39, 0.29) is 12.1 Å². The molecule has 1 fully saturated rings. The Bertz CT molecular complexity index is 633. The average Bonchev–Trinajstić information content (AvgIpc) is 3.25. The lowest BCUT2D eigenvalue weighted by Gasteiger charge is -2.10. The van der Waals surface area contributed by atoms with E-state index in [9.17, 15) is 4.79 Å². The van der Waals surface area contributed by atoms with Gasteiger partial charge in [-0.2, -0.15) is 0 Å². The van der Waals surface area contributed by atoms with Crippen molar-refractivity contribution in [2.45, 2.75) is 32.0 Å². The maximum atomic E-state index is 12.4. The summed E-state index contributed by atoms with van der Waals surface area (Å²) >= 11 is 0. The second kappa shape index (κ2) is 5.34. The van der Waals surface area contributed by atoms with Crippen molar-refractivity contribution in [2.24, 2.45) is 0 Å². The van der Waals surface area contributed by atoms with Crippen LogP contribution in [0, 0.1) is 6.92 Å². The van der Waals surface area contributed by atoms with Crippen molar-refractivity contribution in [3.63, 3.8) is 0 Å². The van der Waals surface area contributed by atoms with Crippen molar-refractivity contribution in [1.82, 2.24) is 0 Å². The van der Waals surface area contributed by atoms with Crippen molar-refractivity contribution in [3.8, 4) is 5.75 Å². The summed E-state index contributed by atoms with van der Waals surface area (Å²) in [5, 5.41) is 0. The van der Waals surface area contributed by atoms with Crippen molar-refractivity contribution < 1.29 is 14.3 Å². The molecule has 0 spiro atoms. The number of epoxide rings is 1. The molecule has 0 bridgehead atoms. The molecule has 1 heterocycles. The van der Waals surface area contributed by atoms with Gasteiger partial charge in [-0.15, -0.1) is 0 Å². The highest BCUT2D eigenvalue weighted by Gasteiger charge is 2.63. The smallest absolute Gasteiger partial charge is 0.346 e. The predicted octanol–water partition coefficient (Wildman–Crippen LogP) is 3.82. The summed E-state index contributed by atoms with van der Waals surface area (Å²) in [6, 6.07) is 17.2. The molecule has 21 heavy (non-hydrogen) atoms. The molecule has 1 aliphatic heterocycles. The van der Waals surface area contributed by atoms with Crippen LogP contribution in [0.15, 0.2) is 54.6 Å². The molecule has 2 aromatic rings. The minimum atomic E-state index is -0.842. The average molecular weight is 282 g/mol. The number of carbonyl (C=O) groups is 1. The summed E-state index contributed by atoms with van der Waals surface area (Å²) in [7, 11) is 0. The van der Waals surface area contributed by atoms with Crippen LogP contribution in [0.5, 0.6) is 5.75 Å². The summed E-state index contributed by atoms with van der Waals surface area (Å²) in [6.07, 6.45) is 0.385. The third-order valence-corrected chi connectivity index (χ3v) is 3.90. The van der Waals surface area contributed by atoms with Crippen molar-refractivity contribution >= 4 is 5.97 Å². The van der Waals surface area contributed by atoms with E-state index in [1.165, 1.54) is 5.56 Å². The first-order chi connectivity index (χ1) is 10.2. The second-order valence-electron chi connectivity index (χ2n) is 5.35. The van der Waals surface area contributed by atoms with Gasteiger partial charge < -0.3 is 9.47 Å². The van der Waals surface area contributed by atoms with Crippen LogP contribution >= 0.6 is 0 Å². The molecule has 2 atom stereocenters. The summed E-state index contributed by atoms with van der Waals surface area (Å²) in [4.78, 5) is 12.4. The molecule has 0 N–H and O–H groups in total. The standard InChI is InChI=1S/C18H18O3/c1-3-18(17(19)20-15-7-5-4-6-8-15)16(21-18)14-11-9-13(2)10-12-14/h4-12,16H,3H2,1-2H3. The van der Waals surface area contributed by atoms with Crippen molar-refractivity contribution in [2.75, 3.05) is 0 Å². The fourth-order valence-corrected chi connectivity index (χ4v) is 2.50. The predicted molar refractivity (Wildman–Crippen MR) is 80.1 cm³/mol. The largest absolute Gasteiger partial charge is 0.424 e. The van der Waals surface area contributed by atoms with Crippen molar-refractivity contribution in [3.05, 3.63) is 65.7 Å². The Morgan fingerprint density at radius 3 is 2.43 bits per heavy atom. The van der Waals surface area contributed by atoms with Gasteiger partial charge >= 0.3 is 5.97 Å². The molecule has 0 aromatic heterocycles. The number of hydrogen-bond donors (Lipinski definition) is 0. The van der Waals surface area contributed by atoms with Crippen LogP contribution in [-0.2, 0) is 9.53 Å². The number of esters is 1. The van der Waals surface area contributed by atoms with Gasteiger partial charge in [0, 0.05) is 0 Å². The molecule has 3 nitrogen and oxygen atoms in total. The molecular weight excluding hydrogens is 264 g/mol. The van der Waals surface area contributed by atoms with E-state index in [2.05, 4.69) is 0 Å². The van der Waals surface area contributed by atoms with E-state index in [0.717, 1.165) is 5.56 Å². The number of carbonyl (C=O) groups excluding carboxylic acids is 1. The molecule has 1 aliphatic rings. The Morgan fingerprint density at radius 2 is 1.81 bits per heavy atom. The number of ether oxygens (including phenoxy) is 2. The van der Waals surface area contributed by atoms with Crippen LogP contribution in [0.1, 0.15) is 30.6 Å². The highest BCUT2D eigenvalue weighted by molar-refractivity contribution is 5.85. The first-order valence-corrected chi connectivity index (χ1v) is 7.17. The molecule has 1 saturated heterocycles. The number of hydrogen-bond acceptors (Lipinski definition) is 3. The van der Waals surface area contributed by atoms with Gasteiger partial charge in [0.25, 0.3) is 0 Å². The molecule has 2 unspecified atom stereocenters. The topological polar surface area (TPSA) is 38.8 Å². The van der Waals surface area contributed by atoms with Crippen LogP contribution in [-0.4, -0.2) is 11.6 Å². The molecule has 0 amide bonds. The van der Waals surface area contributed by atoms with Gasteiger partial charge in [0.05, 0.1) is 0 Å². The van der Waals surface area contributed by atoms with Crippen LogP contribution in [0.3, 0.4) is 0 Å². The number of aryl methyl sites for hydroxylation is 1. The quantitative estimate of drug-likeness (QED) is 0.486. The van der Waals surface area contributed by atoms with E-state index in [0.29, 0.717) is 12.2 Å². The first kappa shape index (κ1) is 13.8. The van der Waals surface area contributed by atoms with Gasteiger partial charge in [-0.3, -0.25) is 0 Å². The van der Waals surface area contributed by atoms with Crippen LogP contribution in [0.25, 0.3) is 0 Å². The minimum absolute atomic E-state index is 0.209. The van der Waals surface area contributed by atoms with Crippen LogP contribution in [0.4, 0.5) is 0 Å². The van der Waals surface area contributed by atoms with Crippen molar-refractivity contribution in [1.29, 1.82) is 0 Å². The van der Waals surface area contributed by atoms with Gasteiger partial charge in [0.1, 0.15) is 11.9 Å². The Balaban J connectivity index is 1.77. The molecule has 2 aromatic carbocycles. The van der Waals surface area contributed by atoms with E-state index in [1.807, 2.05) is 56.3 Å². The first-order valence-electron chi connectivity index (χ1n) is 7.17. The lowest BCUT2D eigenvalue weighted by atomic mass is 9.96. The Hall–Kier alpha value is -2.13. The third kappa shape index (κ3) is 2.57. The highest BCUT2D eigenvalue weighted by atomic mass is 16.7. The maximum absolute atomic E-state index is 12.4. The van der Waals surface area contributed by atoms with Gasteiger partial charge in [-0.05, 0) is 31.0 Å². The second-order valence-corrected chi connectivity index (χ2v) is 5.35. The molecule has 0 radical (unpaired) electrons. The maximum Gasteiger partial charge on any atom is 0.346 e. The normalized spacial score (nSPS) is 23.6. The summed E-state index contributed by atoms with van der Waals surface area (Å²) in [6.45, 7) is 3.98. The molecule has 3 rings (SSSR count). The lowest BCUT2D eigenvalue weighted by molar-refractivity contribution is -0.140. The zero-order valence-electron chi connectivity index (χ0n) is 12.2. The molecule has 108 valence electrons. The fourth-order valence-electron chi connectivity index (χ4n) is 2.50. The Kier molecular flexibility index (Phi) is 3.52. The minimum Gasteiger partial charge on any atom is -0.424 e. The molecule has 0 saturated carbocycles. The third-order valence-electron chi connectivity index (χ3n) is 3.90.